The van der Waals surface area contributed by atoms with Gasteiger partial charge in [0.2, 0.25) is 0 Å². The van der Waals surface area contributed by atoms with Gasteiger partial charge in [-0.15, -0.1) is 0 Å². The molecule has 0 atom stereocenters. The molecule has 0 bridgehead atoms. The summed E-state index contributed by atoms with van der Waals surface area (Å²) in [5, 5.41) is 3.52. The Morgan fingerprint density at radius 3 is 2.60 bits per heavy atom. The third-order valence-electron chi connectivity index (χ3n) is 3.57. The molecule has 0 radical (unpaired) electrons. The molecule has 0 aliphatic carbocycles. The Kier molecular flexibility index (Phi) is 7.00. The summed E-state index contributed by atoms with van der Waals surface area (Å²) in [7, 11) is 4.22. The van der Waals surface area contributed by atoms with Gasteiger partial charge in [-0.3, -0.25) is 0 Å². The number of likely N-dealkylation sites (N-methyl/N-ethyl adjacent to an activating group) is 1. The summed E-state index contributed by atoms with van der Waals surface area (Å²) in [5.41, 5.74) is 1.33. The van der Waals surface area contributed by atoms with E-state index in [1.165, 1.54) is 5.56 Å². The molecule has 1 N–H and O–H groups in total. The zero-order valence-corrected chi connectivity index (χ0v) is 14.9. The molecule has 114 valence electrons. The van der Waals surface area contributed by atoms with Gasteiger partial charge in [-0.25, -0.2) is 0 Å². The molecule has 0 unspecified atom stereocenters. The van der Waals surface area contributed by atoms with Gasteiger partial charge in [0.1, 0.15) is 5.75 Å². The second-order valence-electron chi connectivity index (χ2n) is 5.91. The van der Waals surface area contributed by atoms with Crippen LogP contribution in [-0.4, -0.2) is 37.7 Å². The standard InChI is InChI=1S/C16H27BrN2O/c1-6-9-20-15-8-7-14(17)10-13(15)11-18-12-16(2,3)19(4)5/h7-8,10,18H,6,9,11-12H2,1-5H3. The highest BCUT2D eigenvalue weighted by atomic mass is 79.9. The molecule has 0 spiro atoms. The zero-order chi connectivity index (χ0) is 15.2. The summed E-state index contributed by atoms with van der Waals surface area (Å²) in [5.74, 6) is 0.977. The van der Waals surface area contributed by atoms with E-state index >= 15 is 0 Å². The molecule has 1 aromatic carbocycles. The molecule has 0 saturated heterocycles. The number of rotatable bonds is 8. The highest BCUT2D eigenvalue weighted by Crippen LogP contribution is 2.23. The first-order valence-electron chi connectivity index (χ1n) is 7.16. The molecular weight excluding hydrogens is 316 g/mol. The lowest BCUT2D eigenvalue weighted by molar-refractivity contribution is 0.189. The van der Waals surface area contributed by atoms with Crippen molar-refractivity contribution in [1.82, 2.24) is 10.2 Å². The maximum atomic E-state index is 5.80. The van der Waals surface area contributed by atoms with E-state index in [1.54, 1.807) is 0 Å². The van der Waals surface area contributed by atoms with E-state index in [9.17, 15) is 0 Å². The van der Waals surface area contributed by atoms with Crippen molar-refractivity contribution in [2.24, 2.45) is 0 Å². The molecule has 1 aromatic rings. The summed E-state index contributed by atoms with van der Waals surface area (Å²) in [6.07, 6.45) is 1.02. The van der Waals surface area contributed by atoms with Crippen molar-refractivity contribution in [3.63, 3.8) is 0 Å². The number of hydrogen-bond donors (Lipinski definition) is 1. The molecule has 0 amide bonds. The van der Waals surface area contributed by atoms with Crippen LogP contribution in [0.15, 0.2) is 22.7 Å². The van der Waals surface area contributed by atoms with Crippen molar-refractivity contribution >= 4 is 15.9 Å². The van der Waals surface area contributed by atoms with E-state index in [4.69, 9.17) is 4.74 Å². The monoisotopic (exact) mass is 342 g/mol. The van der Waals surface area contributed by atoms with Gasteiger partial charge >= 0.3 is 0 Å². The Bertz CT molecular complexity index is 419. The number of ether oxygens (including phenoxy) is 1. The zero-order valence-electron chi connectivity index (χ0n) is 13.3. The molecule has 0 heterocycles. The minimum Gasteiger partial charge on any atom is -0.493 e. The fourth-order valence-electron chi connectivity index (χ4n) is 1.70. The highest BCUT2D eigenvalue weighted by molar-refractivity contribution is 9.10. The highest BCUT2D eigenvalue weighted by Gasteiger charge is 2.19. The van der Waals surface area contributed by atoms with Crippen LogP contribution in [0.1, 0.15) is 32.8 Å². The maximum Gasteiger partial charge on any atom is 0.123 e. The van der Waals surface area contributed by atoms with Crippen LogP contribution in [0.4, 0.5) is 0 Å². The van der Waals surface area contributed by atoms with E-state index in [-0.39, 0.29) is 5.54 Å². The topological polar surface area (TPSA) is 24.5 Å². The summed E-state index contributed by atoms with van der Waals surface area (Å²) in [6, 6.07) is 6.19. The van der Waals surface area contributed by atoms with Crippen LogP contribution < -0.4 is 10.1 Å². The fourth-order valence-corrected chi connectivity index (χ4v) is 2.11. The minimum atomic E-state index is 0.135. The van der Waals surface area contributed by atoms with Crippen LogP contribution in [0.5, 0.6) is 5.75 Å². The van der Waals surface area contributed by atoms with Crippen molar-refractivity contribution < 1.29 is 4.74 Å². The SMILES string of the molecule is CCCOc1ccc(Br)cc1CNCC(C)(C)N(C)C. The minimum absolute atomic E-state index is 0.135. The Morgan fingerprint density at radius 2 is 2.00 bits per heavy atom. The Labute approximate surface area is 131 Å². The Balaban J connectivity index is 2.64. The lowest BCUT2D eigenvalue weighted by atomic mass is 10.0. The van der Waals surface area contributed by atoms with Crippen molar-refractivity contribution in [3.8, 4) is 5.75 Å². The molecule has 1 rings (SSSR count). The normalized spacial score (nSPS) is 11.9. The summed E-state index contributed by atoms with van der Waals surface area (Å²) < 4.78 is 6.89. The largest absolute Gasteiger partial charge is 0.493 e. The lowest BCUT2D eigenvalue weighted by Gasteiger charge is -2.32. The van der Waals surface area contributed by atoms with Crippen molar-refractivity contribution in [3.05, 3.63) is 28.2 Å². The Hall–Kier alpha value is -0.580. The molecule has 0 aliphatic rings. The molecule has 4 heteroatoms. The smallest absolute Gasteiger partial charge is 0.123 e. The van der Waals surface area contributed by atoms with Gasteiger partial charge in [-0.1, -0.05) is 22.9 Å². The van der Waals surface area contributed by atoms with E-state index in [2.05, 4.69) is 67.1 Å². The summed E-state index contributed by atoms with van der Waals surface area (Å²) in [6.45, 7) is 9.09. The molecule has 0 aromatic heterocycles. The van der Waals surface area contributed by atoms with Gasteiger partial charge < -0.3 is 15.0 Å². The second kappa shape index (κ2) is 8.01. The van der Waals surface area contributed by atoms with Crippen LogP contribution >= 0.6 is 15.9 Å². The van der Waals surface area contributed by atoms with Crippen LogP contribution in [0.25, 0.3) is 0 Å². The van der Waals surface area contributed by atoms with E-state index in [0.29, 0.717) is 0 Å². The predicted molar refractivity (Wildman–Crippen MR) is 89.4 cm³/mol. The van der Waals surface area contributed by atoms with Crippen LogP contribution in [0.2, 0.25) is 0 Å². The maximum absolute atomic E-state index is 5.80. The number of halogens is 1. The van der Waals surface area contributed by atoms with E-state index in [1.807, 2.05) is 12.1 Å². The van der Waals surface area contributed by atoms with Gasteiger partial charge in [-0.2, -0.15) is 0 Å². The fraction of sp³-hybridized carbons (Fsp3) is 0.625. The van der Waals surface area contributed by atoms with Gasteiger partial charge in [0.05, 0.1) is 6.61 Å². The first kappa shape index (κ1) is 17.5. The van der Waals surface area contributed by atoms with Crippen LogP contribution in [0, 0.1) is 0 Å². The summed E-state index contributed by atoms with van der Waals surface area (Å²) in [4.78, 5) is 2.23. The van der Waals surface area contributed by atoms with Crippen molar-refractivity contribution in [2.45, 2.75) is 39.3 Å². The number of nitrogens with one attached hydrogen (secondary N) is 1. The molecule has 0 saturated carbocycles. The van der Waals surface area contributed by atoms with Gasteiger partial charge in [0.15, 0.2) is 0 Å². The Morgan fingerprint density at radius 1 is 1.30 bits per heavy atom. The first-order chi connectivity index (χ1) is 9.36. The molecule has 0 fully saturated rings. The van der Waals surface area contributed by atoms with Gasteiger partial charge in [-0.05, 0) is 52.6 Å². The third kappa shape index (κ3) is 5.43. The third-order valence-corrected chi connectivity index (χ3v) is 4.06. The van der Waals surface area contributed by atoms with Gasteiger partial charge in [0.25, 0.3) is 0 Å². The molecule has 20 heavy (non-hydrogen) atoms. The average molecular weight is 343 g/mol. The quantitative estimate of drug-likeness (QED) is 0.780. The average Bonchev–Trinajstić information content (AvgIpc) is 2.37. The van der Waals surface area contributed by atoms with Crippen molar-refractivity contribution in [1.29, 1.82) is 0 Å². The van der Waals surface area contributed by atoms with Crippen LogP contribution in [0.3, 0.4) is 0 Å². The summed E-state index contributed by atoms with van der Waals surface area (Å²) >= 11 is 3.53. The number of benzene rings is 1. The number of nitrogens with zero attached hydrogens (tertiary/aromatic N) is 1. The van der Waals surface area contributed by atoms with E-state index < -0.39 is 0 Å². The number of hydrogen-bond acceptors (Lipinski definition) is 3. The van der Waals surface area contributed by atoms with Gasteiger partial charge in [0, 0.05) is 28.7 Å². The van der Waals surface area contributed by atoms with Crippen LogP contribution in [-0.2, 0) is 6.54 Å². The molecular formula is C16H27BrN2O. The predicted octanol–water partition coefficient (Wildman–Crippen LogP) is 3.67. The second-order valence-corrected chi connectivity index (χ2v) is 6.83. The molecule has 0 aliphatic heterocycles. The lowest BCUT2D eigenvalue weighted by Crippen LogP contribution is -2.46. The molecule has 3 nitrogen and oxygen atoms in total. The van der Waals surface area contributed by atoms with E-state index in [0.717, 1.165) is 36.3 Å². The first-order valence-corrected chi connectivity index (χ1v) is 7.95. The van der Waals surface area contributed by atoms with Crippen molar-refractivity contribution in [2.75, 3.05) is 27.2 Å².